The van der Waals surface area contributed by atoms with E-state index in [1.54, 1.807) is 0 Å². The summed E-state index contributed by atoms with van der Waals surface area (Å²) < 4.78 is 0. The summed E-state index contributed by atoms with van der Waals surface area (Å²) in [5.74, 6) is 1.39. The van der Waals surface area contributed by atoms with Crippen molar-refractivity contribution < 1.29 is 0 Å². The average Bonchev–Trinajstić information content (AvgIpc) is 3.60. The molecule has 0 fully saturated rings. The van der Waals surface area contributed by atoms with Gasteiger partial charge in [-0.3, -0.25) is 9.97 Å². The van der Waals surface area contributed by atoms with E-state index >= 15 is 0 Å². The first kappa shape index (κ1) is 36.6. The minimum absolute atomic E-state index is 0.0548. The summed E-state index contributed by atoms with van der Waals surface area (Å²) in [4.78, 5) is 28.9. The monoisotopic (exact) mass is 786 g/mol. The number of aromatic nitrogens is 6. The second kappa shape index (κ2) is 15.0. The maximum atomic E-state index is 4.90. The van der Waals surface area contributed by atoms with Crippen LogP contribution in [-0.4, -0.2) is 29.9 Å². The molecule has 10 aromatic rings. The van der Waals surface area contributed by atoms with Gasteiger partial charge >= 0.3 is 0 Å². The van der Waals surface area contributed by atoms with Gasteiger partial charge in [-0.15, -0.1) is 0 Å². The van der Waals surface area contributed by atoms with E-state index in [4.69, 9.17) is 29.9 Å². The fourth-order valence-electron chi connectivity index (χ4n) is 9.65. The number of aryl methyl sites for hydroxylation is 2. The van der Waals surface area contributed by atoms with E-state index in [2.05, 4.69) is 98.8 Å². The highest BCUT2D eigenvalue weighted by Gasteiger charge is 2.40. The Balaban J connectivity index is 0.876. The van der Waals surface area contributed by atoms with Crippen molar-refractivity contribution in [3.63, 3.8) is 0 Å². The Morgan fingerprint density at radius 3 is 1.77 bits per heavy atom. The van der Waals surface area contributed by atoms with E-state index in [0.29, 0.717) is 11.6 Å². The molecule has 4 heterocycles. The first-order chi connectivity index (χ1) is 30.1. The summed E-state index contributed by atoms with van der Waals surface area (Å²) in [6, 6.07) is 47.4. The van der Waals surface area contributed by atoms with Crippen LogP contribution >= 0.6 is 0 Å². The van der Waals surface area contributed by atoms with E-state index in [1.807, 2.05) is 85.5 Å². The highest BCUT2D eigenvalue weighted by Crippen LogP contribution is 2.53. The minimum Gasteiger partial charge on any atom is -0.255 e. The third-order valence-corrected chi connectivity index (χ3v) is 12.9. The Hall–Kier alpha value is -7.44. The van der Waals surface area contributed by atoms with E-state index in [1.165, 1.54) is 38.9 Å². The van der Waals surface area contributed by atoms with Crippen molar-refractivity contribution in [2.45, 2.75) is 44.9 Å². The number of para-hydroxylation sites is 2. The minimum atomic E-state index is -0.0548. The molecule has 11 rings (SSSR count). The van der Waals surface area contributed by atoms with Crippen LogP contribution in [0.3, 0.4) is 0 Å². The van der Waals surface area contributed by atoms with Crippen LogP contribution in [0.4, 0.5) is 0 Å². The number of hydrogen-bond donors (Lipinski definition) is 0. The van der Waals surface area contributed by atoms with Crippen molar-refractivity contribution in [1.29, 1.82) is 0 Å². The van der Waals surface area contributed by atoms with Crippen LogP contribution < -0.4 is 0 Å². The number of rotatable bonds is 9. The standard InChI is InChI=1S/C55H42N6/c1-3-55(4-2)47-31-35(17-21-37-23-27-45(51-41(37)13-9-29-56-51)53-58-33-39-11-5-7-15-49(39)60-53)19-25-43(47)44-26-20-36(32-48(44)55)18-22-38-24-28-46(52-42(38)14-10-30-57-52)54-59-34-40-12-6-8-16-50(40)61-54/h5-17,19-21,23-34H,3-4,18,22H2,1-2H3/b21-17+. The lowest BCUT2D eigenvalue weighted by Gasteiger charge is -2.30. The fourth-order valence-corrected chi connectivity index (χ4v) is 9.65. The zero-order valence-electron chi connectivity index (χ0n) is 34.2. The number of fused-ring (bicyclic) bond motifs is 7. The normalized spacial score (nSPS) is 13.1. The van der Waals surface area contributed by atoms with Gasteiger partial charge in [-0.2, -0.15) is 0 Å². The second-order valence-corrected chi connectivity index (χ2v) is 16.1. The lowest BCUT2D eigenvalue weighted by molar-refractivity contribution is 0.490. The number of benzene rings is 6. The van der Waals surface area contributed by atoms with Gasteiger partial charge in [0.15, 0.2) is 11.6 Å². The molecule has 1 aliphatic carbocycles. The van der Waals surface area contributed by atoms with Crippen molar-refractivity contribution in [3.8, 4) is 33.9 Å². The molecule has 6 aromatic carbocycles. The smallest absolute Gasteiger partial charge is 0.161 e. The first-order valence-electron chi connectivity index (χ1n) is 21.3. The van der Waals surface area contributed by atoms with Crippen LogP contribution in [-0.2, 0) is 18.3 Å². The molecule has 0 saturated heterocycles. The Morgan fingerprint density at radius 1 is 0.492 bits per heavy atom. The molecule has 0 radical (unpaired) electrons. The highest BCUT2D eigenvalue weighted by molar-refractivity contribution is 5.99. The predicted octanol–water partition coefficient (Wildman–Crippen LogP) is 13.0. The van der Waals surface area contributed by atoms with Crippen LogP contribution in [0, 0.1) is 0 Å². The Bertz CT molecular complexity index is 3360. The van der Waals surface area contributed by atoms with Crippen molar-refractivity contribution in [2.24, 2.45) is 0 Å². The summed E-state index contributed by atoms with van der Waals surface area (Å²) in [7, 11) is 0. The molecule has 6 nitrogen and oxygen atoms in total. The van der Waals surface area contributed by atoms with Gasteiger partial charge in [0.25, 0.3) is 0 Å². The zero-order valence-corrected chi connectivity index (χ0v) is 34.2. The maximum absolute atomic E-state index is 4.90. The van der Waals surface area contributed by atoms with Gasteiger partial charge in [-0.1, -0.05) is 123 Å². The molecule has 0 saturated carbocycles. The number of nitrogens with zero attached hydrogens (tertiary/aromatic N) is 6. The van der Waals surface area contributed by atoms with Gasteiger partial charge in [0.2, 0.25) is 0 Å². The largest absolute Gasteiger partial charge is 0.255 e. The van der Waals surface area contributed by atoms with Crippen molar-refractivity contribution in [2.75, 3.05) is 0 Å². The number of hydrogen-bond acceptors (Lipinski definition) is 6. The number of pyridine rings is 2. The fraction of sp³-hybridized carbons (Fsp3) is 0.127. The molecule has 0 spiro atoms. The van der Waals surface area contributed by atoms with Gasteiger partial charge in [-0.05, 0) is 107 Å². The van der Waals surface area contributed by atoms with Gasteiger partial charge in [-0.25, -0.2) is 19.9 Å². The lowest BCUT2D eigenvalue weighted by Crippen LogP contribution is -2.23. The molecule has 0 unspecified atom stereocenters. The average molecular weight is 787 g/mol. The molecule has 0 bridgehead atoms. The summed E-state index contributed by atoms with van der Waals surface area (Å²) in [6.45, 7) is 4.69. The van der Waals surface area contributed by atoms with Gasteiger partial charge < -0.3 is 0 Å². The summed E-state index contributed by atoms with van der Waals surface area (Å²) in [6.07, 6.45) is 15.9. The summed E-state index contributed by atoms with van der Waals surface area (Å²) in [5, 5.41) is 4.28. The third-order valence-electron chi connectivity index (χ3n) is 12.9. The van der Waals surface area contributed by atoms with Crippen molar-refractivity contribution in [1.82, 2.24) is 29.9 Å². The van der Waals surface area contributed by atoms with E-state index in [-0.39, 0.29) is 5.41 Å². The van der Waals surface area contributed by atoms with E-state index in [0.717, 1.165) is 86.0 Å². The summed E-state index contributed by atoms with van der Waals surface area (Å²) in [5.41, 5.74) is 16.0. The molecular formula is C55H42N6. The Labute approximate surface area is 354 Å². The van der Waals surface area contributed by atoms with Crippen LogP contribution in [0.2, 0.25) is 0 Å². The molecular weight excluding hydrogens is 745 g/mol. The molecule has 0 aliphatic heterocycles. The van der Waals surface area contributed by atoms with Crippen molar-refractivity contribution in [3.05, 3.63) is 192 Å². The topological polar surface area (TPSA) is 77.3 Å². The van der Waals surface area contributed by atoms with Crippen molar-refractivity contribution >= 4 is 55.8 Å². The van der Waals surface area contributed by atoms with Crippen LogP contribution in [0.5, 0.6) is 0 Å². The third kappa shape index (κ3) is 6.26. The highest BCUT2D eigenvalue weighted by atomic mass is 14.9. The predicted molar refractivity (Wildman–Crippen MR) is 250 cm³/mol. The van der Waals surface area contributed by atoms with Crippen LogP contribution in [0.25, 0.3) is 89.7 Å². The maximum Gasteiger partial charge on any atom is 0.161 e. The zero-order chi connectivity index (χ0) is 40.9. The van der Waals surface area contributed by atoms with Gasteiger partial charge in [0, 0.05) is 62.9 Å². The Kier molecular flexibility index (Phi) is 9.00. The molecule has 61 heavy (non-hydrogen) atoms. The SMILES string of the molecule is CCC1(CC)c2cc(/C=C/c3ccc(-c4ncc5ccccc5n4)c4ncccc34)ccc2-c2ccc(CCc3ccc(-c4ncc5ccccc5n4)c4ncccc34)cc21. The second-order valence-electron chi connectivity index (χ2n) is 16.1. The molecule has 0 N–H and O–H groups in total. The molecule has 1 aliphatic rings. The first-order valence-corrected chi connectivity index (χ1v) is 21.3. The lowest BCUT2D eigenvalue weighted by atomic mass is 9.73. The van der Waals surface area contributed by atoms with E-state index in [9.17, 15) is 0 Å². The quantitative estimate of drug-likeness (QED) is 0.136. The van der Waals surface area contributed by atoms with Gasteiger partial charge in [0.05, 0.1) is 22.1 Å². The van der Waals surface area contributed by atoms with E-state index < -0.39 is 0 Å². The van der Waals surface area contributed by atoms with Gasteiger partial charge in [0.1, 0.15) is 0 Å². The molecule has 292 valence electrons. The Morgan fingerprint density at radius 2 is 1.08 bits per heavy atom. The van der Waals surface area contributed by atoms with Crippen LogP contribution in [0.1, 0.15) is 60.1 Å². The summed E-state index contributed by atoms with van der Waals surface area (Å²) >= 11 is 0. The molecule has 4 aromatic heterocycles. The molecule has 0 amide bonds. The molecule has 6 heteroatoms. The molecule has 0 atom stereocenters. The van der Waals surface area contributed by atoms with Crippen LogP contribution in [0.15, 0.2) is 158 Å².